The molecule has 0 aromatic heterocycles. The van der Waals surface area contributed by atoms with E-state index in [0.717, 1.165) is 0 Å². The van der Waals surface area contributed by atoms with Gasteiger partial charge in [0.15, 0.2) is 25.0 Å². The molecule has 0 aliphatic rings. The van der Waals surface area contributed by atoms with Gasteiger partial charge >= 0.3 is 12.1 Å². The highest BCUT2D eigenvalue weighted by Gasteiger charge is 2.46. The zero-order valence-electron chi connectivity index (χ0n) is 17.4. The van der Waals surface area contributed by atoms with E-state index in [1.54, 1.807) is 0 Å². The van der Waals surface area contributed by atoms with Gasteiger partial charge in [-0.1, -0.05) is 0 Å². The van der Waals surface area contributed by atoms with Crippen molar-refractivity contribution in [2.24, 2.45) is 0 Å². The number of hydrogen-bond donors (Lipinski definition) is 1. The van der Waals surface area contributed by atoms with Crippen LogP contribution in [0.5, 0.6) is 0 Å². The molecule has 0 saturated heterocycles. The molecule has 5 nitrogen and oxygen atoms in total. The summed E-state index contributed by atoms with van der Waals surface area (Å²) in [6.07, 6.45) is -4.98. The van der Waals surface area contributed by atoms with Gasteiger partial charge in [0.25, 0.3) is 0 Å². The van der Waals surface area contributed by atoms with Gasteiger partial charge in [-0.2, -0.15) is 13.2 Å². The van der Waals surface area contributed by atoms with E-state index < -0.39 is 42.6 Å². The number of amides is 1. The number of hydrogen-bond acceptors (Lipinski definition) is 4. The zero-order chi connectivity index (χ0) is 21.0. The number of carbonyl (C=O) groups is 1. The first-order valence-electron chi connectivity index (χ1n) is 8.56. The molecule has 0 fully saturated rings. The number of rotatable bonds is 10. The maximum Gasteiger partial charge on any atom is 0.471 e. The van der Waals surface area contributed by atoms with Crippen molar-refractivity contribution in [3.05, 3.63) is 0 Å². The first kappa shape index (κ1) is 25.8. The first-order chi connectivity index (χ1) is 11.2. The predicted octanol–water partition coefficient (Wildman–Crippen LogP) is 3.96. The Morgan fingerprint density at radius 2 is 1.00 bits per heavy atom. The Labute approximate surface area is 158 Å². The minimum atomic E-state index is -4.98. The molecule has 26 heavy (non-hydrogen) atoms. The van der Waals surface area contributed by atoms with Gasteiger partial charge in [0, 0.05) is 0 Å². The molecule has 0 aliphatic carbocycles. The molecule has 0 unspecified atom stereocenters. The van der Waals surface area contributed by atoms with Crippen LogP contribution in [0.2, 0.25) is 58.9 Å². The van der Waals surface area contributed by atoms with Gasteiger partial charge in [0.05, 0.1) is 19.8 Å². The summed E-state index contributed by atoms with van der Waals surface area (Å²) in [6, 6.07) is 0. The molecule has 156 valence electrons. The van der Waals surface area contributed by atoms with Gasteiger partial charge in [0.2, 0.25) is 0 Å². The maximum atomic E-state index is 12.9. The predicted molar refractivity (Wildman–Crippen MR) is 105 cm³/mol. The molecule has 1 amide bonds. The van der Waals surface area contributed by atoms with Gasteiger partial charge in [-0.15, -0.1) is 0 Å². The molecule has 0 radical (unpaired) electrons. The van der Waals surface area contributed by atoms with E-state index in [0.29, 0.717) is 0 Å². The van der Waals surface area contributed by atoms with E-state index in [2.05, 4.69) is 5.32 Å². The Bertz CT molecular complexity index is 423. The van der Waals surface area contributed by atoms with Crippen LogP contribution in [0.4, 0.5) is 13.2 Å². The average molecular weight is 434 g/mol. The molecular formula is C15H34F3NO4Si3. The van der Waals surface area contributed by atoms with E-state index in [9.17, 15) is 18.0 Å². The zero-order valence-corrected chi connectivity index (χ0v) is 20.4. The topological polar surface area (TPSA) is 56.8 Å². The minimum Gasteiger partial charge on any atom is -0.415 e. The highest BCUT2D eigenvalue weighted by molar-refractivity contribution is 6.70. The Morgan fingerprint density at radius 1 is 0.731 bits per heavy atom. The molecule has 11 heteroatoms. The van der Waals surface area contributed by atoms with Crippen molar-refractivity contribution in [1.29, 1.82) is 0 Å². The fraction of sp³-hybridized carbons (Fsp3) is 0.933. The van der Waals surface area contributed by atoms with E-state index >= 15 is 0 Å². The Morgan fingerprint density at radius 3 is 1.19 bits per heavy atom. The summed E-state index contributed by atoms with van der Waals surface area (Å²) in [5.74, 6) is -2.00. The van der Waals surface area contributed by atoms with Crippen LogP contribution in [0, 0.1) is 0 Å². The summed E-state index contributed by atoms with van der Waals surface area (Å²) in [4.78, 5) is 11.7. The monoisotopic (exact) mass is 433 g/mol. The van der Waals surface area contributed by atoms with Crippen LogP contribution in [-0.4, -0.2) is 62.4 Å². The Hall–Kier alpha value is -0.209. The summed E-state index contributed by atoms with van der Waals surface area (Å²) in [5.41, 5.74) is -1.38. The van der Waals surface area contributed by atoms with Crippen molar-refractivity contribution >= 4 is 30.9 Å². The molecule has 0 rings (SSSR count). The second-order valence-electron chi connectivity index (χ2n) is 9.44. The SMILES string of the molecule is C[Si](C)(C)OCC(CO[Si](C)(C)C)(CO[Si](C)(C)C)NC(=O)C(F)(F)F. The highest BCUT2D eigenvalue weighted by Crippen LogP contribution is 2.21. The van der Waals surface area contributed by atoms with E-state index in [1.807, 2.05) is 58.9 Å². The van der Waals surface area contributed by atoms with E-state index in [4.69, 9.17) is 13.3 Å². The van der Waals surface area contributed by atoms with E-state index in [-0.39, 0.29) is 19.8 Å². The summed E-state index contributed by atoms with van der Waals surface area (Å²) >= 11 is 0. The fourth-order valence-corrected chi connectivity index (χ4v) is 3.74. The Kier molecular flexibility index (Phi) is 8.79. The molecule has 0 aromatic rings. The standard InChI is InChI=1S/C15H34F3NO4Si3/c1-24(2,3)21-10-14(11-22-25(4,5)6,12-23-26(7,8)9)19-13(20)15(16,17)18/h10-12H2,1-9H3,(H,19,20). The van der Waals surface area contributed by atoms with E-state index in [1.165, 1.54) is 0 Å². The molecule has 0 bridgehead atoms. The summed E-state index contributed by atoms with van der Waals surface area (Å²) in [7, 11) is -6.10. The summed E-state index contributed by atoms with van der Waals surface area (Å²) in [5, 5.41) is 2.12. The minimum absolute atomic E-state index is 0.0838. The molecule has 0 aromatic carbocycles. The summed E-state index contributed by atoms with van der Waals surface area (Å²) < 4.78 is 56.3. The van der Waals surface area contributed by atoms with Crippen LogP contribution in [0.15, 0.2) is 0 Å². The van der Waals surface area contributed by atoms with Crippen molar-refractivity contribution in [3.63, 3.8) is 0 Å². The number of carbonyl (C=O) groups excluding carboxylic acids is 1. The average Bonchev–Trinajstić information content (AvgIpc) is 2.36. The molecule has 0 atom stereocenters. The molecule has 0 saturated carbocycles. The van der Waals surface area contributed by atoms with Crippen molar-refractivity contribution in [2.75, 3.05) is 19.8 Å². The lowest BCUT2D eigenvalue weighted by Gasteiger charge is -2.39. The van der Waals surface area contributed by atoms with Crippen LogP contribution in [0.3, 0.4) is 0 Å². The number of alkyl halides is 3. The first-order valence-corrected chi connectivity index (χ1v) is 18.8. The lowest BCUT2D eigenvalue weighted by molar-refractivity contribution is -0.177. The van der Waals surface area contributed by atoms with Gasteiger partial charge < -0.3 is 18.6 Å². The molecular weight excluding hydrogens is 399 g/mol. The third-order valence-electron chi connectivity index (χ3n) is 2.98. The largest absolute Gasteiger partial charge is 0.471 e. The quantitative estimate of drug-likeness (QED) is 0.530. The van der Waals surface area contributed by atoms with Gasteiger partial charge in [-0.3, -0.25) is 4.79 Å². The van der Waals surface area contributed by atoms with Crippen LogP contribution >= 0.6 is 0 Å². The van der Waals surface area contributed by atoms with Crippen molar-refractivity contribution in [3.8, 4) is 0 Å². The summed E-state index contributed by atoms with van der Waals surface area (Å²) in [6.45, 7) is 17.1. The maximum absolute atomic E-state index is 12.9. The van der Waals surface area contributed by atoms with Crippen LogP contribution < -0.4 is 5.32 Å². The second-order valence-corrected chi connectivity index (χ2v) is 23.0. The Balaban J connectivity index is 5.67. The molecule has 1 N–H and O–H groups in total. The number of halogens is 3. The fourth-order valence-electron chi connectivity index (χ4n) is 1.61. The van der Waals surface area contributed by atoms with Crippen LogP contribution in [-0.2, 0) is 18.1 Å². The van der Waals surface area contributed by atoms with Gasteiger partial charge in [-0.25, -0.2) is 0 Å². The molecule has 0 aliphatic heterocycles. The van der Waals surface area contributed by atoms with Crippen LogP contribution in [0.1, 0.15) is 0 Å². The van der Waals surface area contributed by atoms with Crippen LogP contribution in [0.25, 0.3) is 0 Å². The van der Waals surface area contributed by atoms with Crippen molar-refractivity contribution in [2.45, 2.75) is 70.6 Å². The lowest BCUT2D eigenvalue weighted by atomic mass is 10.0. The van der Waals surface area contributed by atoms with Crippen molar-refractivity contribution in [1.82, 2.24) is 5.32 Å². The molecule has 0 spiro atoms. The smallest absolute Gasteiger partial charge is 0.415 e. The van der Waals surface area contributed by atoms with Gasteiger partial charge in [-0.05, 0) is 58.9 Å². The lowest BCUT2D eigenvalue weighted by Crippen LogP contribution is -2.63. The third-order valence-corrected chi connectivity index (χ3v) is 6.01. The second kappa shape index (κ2) is 8.86. The van der Waals surface area contributed by atoms with Crippen molar-refractivity contribution < 1.29 is 31.2 Å². The number of nitrogens with one attached hydrogen (secondary N) is 1. The normalized spacial score (nSPS) is 14.5. The molecule has 0 heterocycles. The van der Waals surface area contributed by atoms with Gasteiger partial charge in [0.1, 0.15) is 5.54 Å². The highest BCUT2D eigenvalue weighted by atomic mass is 28.4. The third kappa shape index (κ3) is 12.2.